The van der Waals surface area contributed by atoms with Crippen molar-refractivity contribution >= 4 is 64.5 Å². The third-order valence-corrected chi connectivity index (χ3v) is 11.1. The molecule has 10 N–H and O–H groups in total. The standard InChI is InChI=1S/C36H49N7O10S/c1-4-18(3)32-34(50)39-14-31(48)40-25(33(49)41-24(13-29(38)46)35(51)43-15-20(44)11-26(43)36(52)53)16-54-28-10-19-9-17(2)5-6-21(19)22(28)12-23(37)27(45)7-8-30(47)42-32/h5-6,9,18,20,23-26,32,44H,4,7-8,10-16,37H2,1-3H3,(H2,38,46)(H,39,50)(H,40,48)(H,41,49)(H,42,47)(H,52,53)/t18-,20+,23-,24-,25-,26-,32-/m0/s1. The van der Waals surface area contributed by atoms with Crippen LogP contribution in [-0.2, 0) is 44.8 Å². The number of aliphatic carboxylic acids is 1. The van der Waals surface area contributed by atoms with Gasteiger partial charge in [-0.25, -0.2) is 4.79 Å². The Balaban J connectivity index is 1.67. The Morgan fingerprint density at radius 1 is 1.09 bits per heavy atom. The summed E-state index contributed by atoms with van der Waals surface area (Å²) >= 11 is 1.22. The van der Waals surface area contributed by atoms with Gasteiger partial charge in [-0.2, -0.15) is 0 Å². The van der Waals surface area contributed by atoms with Crippen LogP contribution >= 0.6 is 11.8 Å². The third kappa shape index (κ3) is 10.7. The number of primary amides is 1. The minimum absolute atomic E-state index is 0.107. The number of ketones is 1. The molecule has 2 aliphatic heterocycles. The highest BCUT2D eigenvalue weighted by Gasteiger charge is 2.42. The van der Waals surface area contributed by atoms with Crippen molar-refractivity contribution < 1.29 is 48.6 Å². The molecule has 0 saturated carbocycles. The minimum atomic E-state index is -1.63. The lowest BCUT2D eigenvalue weighted by atomic mass is 9.95. The number of benzene rings is 1. The lowest BCUT2D eigenvalue weighted by Crippen LogP contribution is -2.58. The van der Waals surface area contributed by atoms with Gasteiger partial charge in [-0.05, 0) is 40.9 Å². The van der Waals surface area contributed by atoms with Gasteiger partial charge in [0.1, 0.15) is 30.0 Å². The first-order valence-corrected chi connectivity index (χ1v) is 18.9. The highest BCUT2D eigenvalue weighted by atomic mass is 32.2. The molecule has 0 radical (unpaired) electrons. The molecule has 17 nitrogen and oxygen atoms in total. The number of thioether (sulfide) groups is 1. The summed E-state index contributed by atoms with van der Waals surface area (Å²) in [5, 5.41) is 29.9. The summed E-state index contributed by atoms with van der Waals surface area (Å²) in [6.45, 7) is 4.56. The third-order valence-electron chi connectivity index (χ3n) is 9.89. The maximum atomic E-state index is 13.9. The first kappa shape index (κ1) is 41.9. The molecule has 18 heteroatoms. The van der Waals surface area contributed by atoms with Gasteiger partial charge in [-0.1, -0.05) is 44.0 Å². The predicted molar refractivity (Wildman–Crippen MR) is 197 cm³/mol. The molecule has 294 valence electrons. The van der Waals surface area contributed by atoms with Crippen molar-refractivity contribution in [1.29, 1.82) is 0 Å². The van der Waals surface area contributed by atoms with Crippen LogP contribution in [0.15, 0.2) is 23.1 Å². The molecule has 1 saturated heterocycles. The fraction of sp³-hybridized carbons (Fsp3) is 0.556. The van der Waals surface area contributed by atoms with Crippen molar-refractivity contribution in [2.75, 3.05) is 18.8 Å². The van der Waals surface area contributed by atoms with Gasteiger partial charge >= 0.3 is 5.97 Å². The van der Waals surface area contributed by atoms with Crippen LogP contribution in [-0.4, -0.2) is 117 Å². The summed E-state index contributed by atoms with van der Waals surface area (Å²) in [4.78, 5) is 106. The number of nitrogens with two attached hydrogens (primary N) is 2. The molecule has 54 heavy (non-hydrogen) atoms. The van der Waals surface area contributed by atoms with E-state index in [-0.39, 0.29) is 49.7 Å². The Morgan fingerprint density at radius 2 is 1.81 bits per heavy atom. The molecule has 1 aliphatic carbocycles. The lowest BCUT2D eigenvalue weighted by Gasteiger charge is -2.28. The Bertz CT molecular complexity index is 1720. The van der Waals surface area contributed by atoms with Gasteiger partial charge in [0, 0.05) is 38.0 Å². The smallest absolute Gasteiger partial charge is 0.326 e. The number of aliphatic hydroxyl groups is 1. The minimum Gasteiger partial charge on any atom is -0.480 e. The molecule has 6 amide bonds. The van der Waals surface area contributed by atoms with Crippen LogP contribution < -0.4 is 32.7 Å². The molecule has 2 heterocycles. The Hall–Kier alpha value is -4.81. The number of nitrogens with zero attached hydrogens (tertiary/aromatic N) is 1. The fourth-order valence-corrected chi connectivity index (χ4v) is 7.94. The van der Waals surface area contributed by atoms with Crippen LogP contribution in [0.5, 0.6) is 0 Å². The van der Waals surface area contributed by atoms with Crippen LogP contribution in [0.3, 0.4) is 0 Å². The summed E-state index contributed by atoms with van der Waals surface area (Å²) in [6.07, 6.45) is -1.38. The van der Waals surface area contributed by atoms with Crippen molar-refractivity contribution in [2.45, 2.75) is 102 Å². The Morgan fingerprint density at radius 3 is 2.48 bits per heavy atom. The van der Waals surface area contributed by atoms with Crippen LogP contribution in [0.25, 0.3) is 5.57 Å². The molecule has 3 aliphatic rings. The molecular formula is C36H49N7O10S. The summed E-state index contributed by atoms with van der Waals surface area (Å²) in [5.41, 5.74) is 15.4. The number of β-amino-alcohol motifs (C(OH)–C–C–N with tert-alkyl or cyclic N) is 1. The van der Waals surface area contributed by atoms with Crippen molar-refractivity contribution in [1.82, 2.24) is 26.2 Å². The van der Waals surface area contributed by atoms with E-state index in [1.807, 2.05) is 32.0 Å². The lowest BCUT2D eigenvalue weighted by molar-refractivity contribution is -0.149. The second kappa shape index (κ2) is 18.5. The van der Waals surface area contributed by atoms with E-state index in [2.05, 4.69) is 21.3 Å². The second-order valence-corrected chi connectivity index (χ2v) is 15.2. The fourth-order valence-electron chi connectivity index (χ4n) is 6.71. The normalized spacial score (nSPS) is 25.6. The number of allylic oxidation sites excluding steroid dienone is 1. The predicted octanol–water partition coefficient (Wildman–Crippen LogP) is -1.39. The van der Waals surface area contributed by atoms with E-state index in [1.54, 1.807) is 6.92 Å². The van der Waals surface area contributed by atoms with Crippen LogP contribution in [0, 0.1) is 12.8 Å². The number of rotatable bonds is 8. The summed E-state index contributed by atoms with van der Waals surface area (Å²) in [5.74, 6) is -7.00. The number of fused-ring (bicyclic) bond motifs is 2. The van der Waals surface area contributed by atoms with Gasteiger partial charge < -0.3 is 47.8 Å². The van der Waals surface area contributed by atoms with E-state index >= 15 is 0 Å². The summed E-state index contributed by atoms with van der Waals surface area (Å²) in [6, 6.07) is -0.569. The average molecular weight is 772 g/mol. The monoisotopic (exact) mass is 771 g/mol. The molecule has 1 aromatic carbocycles. The zero-order valence-corrected chi connectivity index (χ0v) is 31.3. The number of carbonyl (C=O) groups is 8. The maximum absolute atomic E-state index is 13.9. The van der Waals surface area contributed by atoms with Gasteiger partial charge in [0.25, 0.3) is 0 Å². The van der Waals surface area contributed by atoms with Crippen molar-refractivity contribution in [2.24, 2.45) is 17.4 Å². The quantitative estimate of drug-likeness (QED) is 0.152. The number of amides is 6. The van der Waals surface area contributed by atoms with Crippen LogP contribution in [0.4, 0.5) is 0 Å². The first-order valence-electron chi connectivity index (χ1n) is 17.9. The maximum Gasteiger partial charge on any atom is 0.326 e. The topological polar surface area (TPSA) is 280 Å². The number of Topliss-reactive ketones (excluding diaryl/α,β-unsaturated/α-hetero) is 1. The van der Waals surface area contributed by atoms with Gasteiger partial charge in [0.2, 0.25) is 35.4 Å². The van der Waals surface area contributed by atoms with Crippen LogP contribution in [0.1, 0.15) is 69.1 Å². The first-order chi connectivity index (χ1) is 25.5. The number of carbonyl (C=O) groups excluding carboxylic acids is 7. The van der Waals surface area contributed by atoms with E-state index < -0.39 is 90.7 Å². The van der Waals surface area contributed by atoms with E-state index in [1.165, 1.54) is 11.8 Å². The number of likely N-dealkylation sites (tertiary alicyclic amines) is 1. The van der Waals surface area contributed by atoms with Crippen molar-refractivity contribution in [3.63, 3.8) is 0 Å². The van der Waals surface area contributed by atoms with Gasteiger partial charge in [0.15, 0.2) is 0 Å². The van der Waals surface area contributed by atoms with Crippen LogP contribution in [0.2, 0.25) is 0 Å². The number of hydrogen-bond acceptors (Lipinski definition) is 11. The molecule has 1 fully saturated rings. The zero-order chi connectivity index (χ0) is 39.9. The van der Waals surface area contributed by atoms with Gasteiger partial charge in [-0.3, -0.25) is 33.6 Å². The molecule has 4 rings (SSSR count). The highest BCUT2D eigenvalue weighted by Crippen LogP contribution is 2.41. The van der Waals surface area contributed by atoms with E-state index in [4.69, 9.17) is 11.5 Å². The Kier molecular flexibility index (Phi) is 14.4. The molecule has 0 bridgehead atoms. The number of carboxylic acid groups (broad SMARTS) is 1. The highest BCUT2D eigenvalue weighted by molar-refractivity contribution is 8.03. The second-order valence-electron chi connectivity index (χ2n) is 14.1. The van der Waals surface area contributed by atoms with Gasteiger partial charge in [-0.15, -0.1) is 11.8 Å². The van der Waals surface area contributed by atoms with E-state index in [9.17, 15) is 48.6 Å². The summed E-state index contributed by atoms with van der Waals surface area (Å²) in [7, 11) is 0. The van der Waals surface area contributed by atoms with E-state index in [0.717, 1.165) is 32.1 Å². The largest absolute Gasteiger partial charge is 0.480 e. The number of nitrogens with one attached hydrogen (secondary N) is 4. The molecule has 1 aromatic rings. The number of aliphatic hydroxyl groups excluding tert-OH is 1. The molecule has 7 atom stereocenters. The molecular weight excluding hydrogens is 723 g/mol. The Labute approximate surface area is 316 Å². The molecule has 0 unspecified atom stereocenters. The number of aryl methyl sites for hydroxylation is 1. The zero-order valence-electron chi connectivity index (χ0n) is 30.5. The summed E-state index contributed by atoms with van der Waals surface area (Å²) < 4.78 is 0. The SMILES string of the molecule is CC[C@H](C)[C@@H]1NC(=O)CCC(=O)[C@@H](N)CC2=C(Cc3cc(C)ccc32)SC[C@@H](C(=O)N[C@@H](CC(N)=O)C(=O)N2C[C@H](O)C[C@H]2C(=O)O)NC(=O)CNC1=O. The van der Waals surface area contributed by atoms with Crippen molar-refractivity contribution in [3.8, 4) is 0 Å². The van der Waals surface area contributed by atoms with Gasteiger partial charge in [0.05, 0.1) is 25.1 Å². The average Bonchev–Trinajstić information content (AvgIpc) is 3.67. The van der Waals surface area contributed by atoms with E-state index in [0.29, 0.717) is 12.8 Å². The molecule has 0 aromatic heterocycles. The number of carboxylic acids is 1. The van der Waals surface area contributed by atoms with Crippen molar-refractivity contribution in [3.05, 3.63) is 39.8 Å². The number of hydrogen-bond donors (Lipinski definition) is 8. The molecule has 0 spiro atoms.